The third-order valence-electron chi connectivity index (χ3n) is 4.31. The van der Waals surface area contributed by atoms with Crippen LogP contribution in [0, 0.1) is 5.82 Å². The highest BCUT2D eigenvalue weighted by Gasteiger charge is 2.32. The summed E-state index contributed by atoms with van der Waals surface area (Å²) in [6.07, 6.45) is 1.97. The fraction of sp³-hybridized carbons (Fsp3) is 0.294. The number of hydrazine groups is 1. The molecule has 0 saturated carbocycles. The Morgan fingerprint density at radius 3 is 2.81 bits per heavy atom. The molecule has 0 spiro atoms. The highest BCUT2D eigenvalue weighted by molar-refractivity contribution is 5.40. The summed E-state index contributed by atoms with van der Waals surface area (Å²) in [5.41, 5.74) is 5.93. The average Bonchev–Trinajstić information content (AvgIpc) is 2.94. The Bertz CT molecular complexity index is 644. The van der Waals surface area contributed by atoms with Gasteiger partial charge in [-0.2, -0.15) is 0 Å². The van der Waals surface area contributed by atoms with Crippen molar-refractivity contribution in [3.05, 3.63) is 65.0 Å². The topological polar surface area (TPSA) is 47.3 Å². The van der Waals surface area contributed by atoms with Crippen LogP contribution in [-0.4, -0.2) is 7.11 Å². The summed E-state index contributed by atoms with van der Waals surface area (Å²) in [7, 11) is 1.47. The van der Waals surface area contributed by atoms with Crippen LogP contribution in [0.15, 0.2) is 42.5 Å². The van der Waals surface area contributed by atoms with Crippen molar-refractivity contribution in [1.82, 2.24) is 5.43 Å². The van der Waals surface area contributed by atoms with Crippen LogP contribution >= 0.6 is 0 Å². The number of fused-ring (bicyclic) bond motifs is 1. The summed E-state index contributed by atoms with van der Waals surface area (Å²) >= 11 is 0. The normalized spacial score (nSPS) is 18.3. The fourth-order valence-corrected chi connectivity index (χ4v) is 3.28. The van der Waals surface area contributed by atoms with Crippen molar-refractivity contribution >= 4 is 0 Å². The molecule has 3 rings (SSSR count). The first-order valence-corrected chi connectivity index (χ1v) is 7.12. The van der Waals surface area contributed by atoms with Crippen LogP contribution in [0.25, 0.3) is 0 Å². The van der Waals surface area contributed by atoms with Crippen molar-refractivity contribution in [3.63, 3.8) is 0 Å². The van der Waals surface area contributed by atoms with Crippen LogP contribution in [-0.2, 0) is 6.42 Å². The molecule has 0 saturated heterocycles. The van der Waals surface area contributed by atoms with E-state index >= 15 is 0 Å². The van der Waals surface area contributed by atoms with Crippen LogP contribution in [0.3, 0.4) is 0 Å². The molecule has 2 unspecified atom stereocenters. The number of rotatable bonds is 4. The molecule has 0 amide bonds. The van der Waals surface area contributed by atoms with Gasteiger partial charge in [0.2, 0.25) is 0 Å². The Morgan fingerprint density at radius 2 is 2.05 bits per heavy atom. The molecule has 2 aromatic rings. The molecule has 4 heteroatoms. The molecule has 1 aliphatic carbocycles. The van der Waals surface area contributed by atoms with Crippen molar-refractivity contribution in [2.75, 3.05) is 7.11 Å². The zero-order chi connectivity index (χ0) is 14.8. The summed E-state index contributed by atoms with van der Waals surface area (Å²) in [5, 5.41) is 0. The molecule has 0 radical (unpaired) electrons. The van der Waals surface area contributed by atoms with E-state index in [4.69, 9.17) is 10.6 Å². The van der Waals surface area contributed by atoms with Crippen molar-refractivity contribution in [2.24, 2.45) is 5.84 Å². The quantitative estimate of drug-likeness (QED) is 0.671. The summed E-state index contributed by atoms with van der Waals surface area (Å²) in [4.78, 5) is 0. The van der Waals surface area contributed by atoms with Gasteiger partial charge in [-0.15, -0.1) is 0 Å². The van der Waals surface area contributed by atoms with E-state index in [1.165, 1.54) is 18.2 Å². The van der Waals surface area contributed by atoms with Gasteiger partial charge in [0.25, 0.3) is 0 Å². The lowest BCUT2D eigenvalue weighted by Crippen LogP contribution is -2.32. The highest BCUT2D eigenvalue weighted by atomic mass is 19.1. The van der Waals surface area contributed by atoms with Gasteiger partial charge in [0.05, 0.1) is 13.2 Å². The Labute approximate surface area is 123 Å². The second-order valence-electron chi connectivity index (χ2n) is 5.35. The molecular weight excluding hydrogens is 267 g/mol. The van der Waals surface area contributed by atoms with Crippen molar-refractivity contribution in [1.29, 1.82) is 0 Å². The van der Waals surface area contributed by atoms with Gasteiger partial charge in [0, 0.05) is 11.5 Å². The van der Waals surface area contributed by atoms with E-state index in [0.29, 0.717) is 5.56 Å². The standard InChI is InChI=1S/C17H19FN2O/c1-21-15-8-4-7-14(16(15)18)17(20-19)13-10-9-11-5-2-3-6-12(11)13/h2-8,13,17,20H,9-10,19H2,1H3. The molecule has 3 N–H and O–H groups in total. The van der Waals surface area contributed by atoms with Gasteiger partial charge in [-0.25, -0.2) is 4.39 Å². The fourth-order valence-electron chi connectivity index (χ4n) is 3.28. The third-order valence-corrected chi connectivity index (χ3v) is 4.31. The van der Waals surface area contributed by atoms with Crippen LogP contribution in [0.1, 0.15) is 35.1 Å². The van der Waals surface area contributed by atoms with E-state index in [0.717, 1.165) is 12.8 Å². The Balaban J connectivity index is 2.01. The van der Waals surface area contributed by atoms with Crippen molar-refractivity contribution < 1.29 is 9.13 Å². The SMILES string of the molecule is COc1cccc(C(NN)C2CCc3ccccc32)c1F. The zero-order valence-electron chi connectivity index (χ0n) is 12.0. The van der Waals surface area contributed by atoms with E-state index < -0.39 is 0 Å². The van der Waals surface area contributed by atoms with Crippen molar-refractivity contribution in [3.8, 4) is 5.75 Å². The largest absolute Gasteiger partial charge is 0.494 e. The van der Waals surface area contributed by atoms with Gasteiger partial charge in [0.15, 0.2) is 11.6 Å². The molecule has 3 nitrogen and oxygen atoms in total. The molecular formula is C17H19FN2O. The summed E-state index contributed by atoms with van der Waals surface area (Å²) in [6.45, 7) is 0. The van der Waals surface area contributed by atoms with Gasteiger partial charge in [-0.05, 0) is 30.0 Å². The van der Waals surface area contributed by atoms with E-state index in [1.807, 2.05) is 12.1 Å². The van der Waals surface area contributed by atoms with Gasteiger partial charge < -0.3 is 4.74 Å². The van der Waals surface area contributed by atoms with Gasteiger partial charge in [0.1, 0.15) is 0 Å². The summed E-state index contributed by atoms with van der Waals surface area (Å²) < 4.78 is 19.6. The molecule has 2 atom stereocenters. The maximum Gasteiger partial charge on any atom is 0.169 e. The molecule has 0 fully saturated rings. The molecule has 110 valence electrons. The molecule has 0 aliphatic heterocycles. The maximum atomic E-state index is 14.5. The lowest BCUT2D eigenvalue weighted by molar-refractivity contribution is 0.372. The second-order valence-corrected chi connectivity index (χ2v) is 5.35. The highest BCUT2D eigenvalue weighted by Crippen LogP contribution is 2.42. The number of aryl methyl sites for hydroxylation is 1. The first kappa shape index (κ1) is 14.0. The maximum absolute atomic E-state index is 14.5. The molecule has 0 bridgehead atoms. The van der Waals surface area contributed by atoms with Crippen LogP contribution in [0.4, 0.5) is 4.39 Å². The third kappa shape index (κ3) is 2.41. The van der Waals surface area contributed by atoms with Gasteiger partial charge in [-0.1, -0.05) is 36.4 Å². The Hall–Kier alpha value is -1.91. The lowest BCUT2D eigenvalue weighted by Gasteiger charge is -2.25. The minimum absolute atomic E-state index is 0.174. The minimum Gasteiger partial charge on any atom is -0.494 e. The van der Waals surface area contributed by atoms with Crippen LogP contribution in [0.5, 0.6) is 5.75 Å². The molecule has 0 aromatic heterocycles. The van der Waals surface area contributed by atoms with Crippen LogP contribution < -0.4 is 16.0 Å². The van der Waals surface area contributed by atoms with E-state index in [9.17, 15) is 4.39 Å². The van der Waals surface area contributed by atoms with E-state index in [2.05, 4.69) is 17.6 Å². The average molecular weight is 286 g/mol. The second kappa shape index (κ2) is 5.84. The zero-order valence-corrected chi connectivity index (χ0v) is 12.0. The smallest absolute Gasteiger partial charge is 0.169 e. The number of halogens is 1. The predicted octanol–water partition coefficient (Wildman–Crippen LogP) is 3.07. The number of ether oxygens (including phenoxy) is 1. The van der Waals surface area contributed by atoms with Crippen molar-refractivity contribution in [2.45, 2.75) is 24.8 Å². The first-order valence-electron chi connectivity index (χ1n) is 7.12. The van der Waals surface area contributed by atoms with Gasteiger partial charge >= 0.3 is 0 Å². The van der Waals surface area contributed by atoms with Crippen LogP contribution in [0.2, 0.25) is 0 Å². The number of hydrogen-bond acceptors (Lipinski definition) is 3. The molecule has 1 aliphatic rings. The number of benzene rings is 2. The predicted molar refractivity (Wildman–Crippen MR) is 80.5 cm³/mol. The molecule has 0 heterocycles. The number of methoxy groups -OCH3 is 1. The number of hydrogen-bond donors (Lipinski definition) is 2. The Morgan fingerprint density at radius 1 is 1.24 bits per heavy atom. The number of nitrogens with two attached hydrogens (primary N) is 1. The molecule has 21 heavy (non-hydrogen) atoms. The first-order chi connectivity index (χ1) is 10.3. The lowest BCUT2D eigenvalue weighted by atomic mass is 9.88. The van der Waals surface area contributed by atoms with Gasteiger partial charge in [-0.3, -0.25) is 11.3 Å². The molecule has 2 aromatic carbocycles. The Kier molecular flexibility index (Phi) is 3.90. The van der Waals surface area contributed by atoms with E-state index in [-0.39, 0.29) is 23.5 Å². The monoisotopic (exact) mass is 286 g/mol. The van der Waals surface area contributed by atoms with E-state index in [1.54, 1.807) is 18.2 Å². The summed E-state index contributed by atoms with van der Waals surface area (Å²) in [6, 6.07) is 13.2. The number of nitrogens with one attached hydrogen (secondary N) is 1. The minimum atomic E-state index is -0.340. The summed E-state index contributed by atoms with van der Waals surface area (Å²) in [5.74, 6) is 5.83.